The van der Waals surface area contributed by atoms with E-state index in [4.69, 9.17) is 4.43 Å². The highest BCUT2D eigenvalue weighted by Crippen LogP contribution is 2.11. The molecule has 0 aliphatic rings. The summed E-state index contributed by atoms with van der Waals surface area (Å²) in [6.45, 7) is 2.25. The Kier molecular flexibility index (Phi) is 7.18. The largest absolute Gasteiger partial charge is 0.420 e. The van der Waals surface area contributed by atoms with Crippen LogP contribution in [-0.2, 0) is 10.8 Å². The average Bonchev–Trinajstić information content (AvgIpc) is 2.35. The van der Waals surface area contributed by atoms with Crippen molar-refractivity contribution in [1.82, 2.24) is 0 Å². The molecule has 0 spiro atoms. The molecular formula is C14H23OSi. The van der Waals surface area contributed by atoms with Crippen LogP contribution in [0.25, 0.3) is 0 Å². The summed E-state index contributed by atoms with van der Waals surface area (Å²) < 4.78 is 5.59. The zero-order valence-corrected chi connectivity index (χ0v) is 11.5. The van der Waals surface area contributed by atoms with Crippen LogP contribution in [0.4, 0.5) is 0 Å². The zero-order chi connectivity index (χ0) is 11.6. The molecule has 1 aromatic rings. The van der Waals surface area contributed by atoms with Gasteiger partial charge in [0.05, 0.1) is 0 Å². The molecule has 0 fully saturated rings. The van der Waals surface area contributed by atoms with Gasteiger partial charge in [-0.1, -0.05) is 50.1 Å². The predicted molar refractivity (Wildman–Crippen MR) is 72.0 cm³/mol. The molecule has 0 atom stereocenters. The Balaban J connectivity index is 2.18. The lowest BCUT2D eigenvalue weighted by Crippen LogP contribution is -2.15. The van der Waals surface area contributed by atoms with Crippen LogP contribution in [0.1, 0.15) is 31.7 Å². The van der Waals surface area contributed by atoms with E-state index >= 15 is 0 Å². The second-order valence-electron chi connectivity index (χ2n) is 4.19. The highest BCUT2D eigenvalue weighted by Gasteiger charge is 2.10. The van der Waals surface area contributed by atoms with Crippen molar-refractivity contribution in [2.75, 3.05) is 7.11 Å². The lowest BCUT2D eigenvalue weighted by molar-refractivity contribution is 0.414. The van der Waals surface area contributed by atoms with Gasteiger partial charge in [0.25, 0.3) is 0 Å². The van der Waals surface area contributed by atoms with Gasteiger partial charge in [-0.15, -0.1) is 0 Å². The maximum Gasteiger partial charge on any atom is 0.210 e. The highest BCUT2D eigenvalue weighted by atomic mass is 28.3. The Morgan fingerprint density at radius 2 is 1.75 bits per heavy atom. The van der Waals surface area contributed by atoms with E-state index in [2.05, 4.69) is 37.3 Å². The SMILES string of the molecule is CCCC[Si](CCCc1ccccc1)OC. The van der Waals surface area contributed by atoms with E-state index in [1.165, 1.54) is 43.3 Å². The van der Waals surface area contributed by atoms with E-state index < -0.39 is 9.04 Å². The standard InChI is InChI=1S/C14H23OSi/c1-3-4-12-16(15-2)13-8-11-14-9-6-5-7-10-14/h5-7,9-10H,3-4,8,11-13H2,1-2H3. The van der Waals surface area contributed by atoms with Gasteiger partial charge in [0.2, 0.25) is 9.04 Å². The van der Waals surface area contributed by atoms with Gasteiger partial charge in [0.15, 0.2) is 0 Å². The Labute approximate surface area is 102 Å². The van der Waals surface area contributed by atoms with E-state index in [0.717, 1.165) is 0 Å². The number of hydrogen-bond donors (Lipinski definition) is 0. The predicted octanol–water partition coefficient (Wildman–Crippen LogP) is 4.06. The fourth-order valence-electron chi connectivity index (χ4n) is 1.84. The molecule has 0 saturated heterocycles. The zero-order valence-electron chi connectivity index (χ0n) is 10.5. The summed E-state index contributed by atoms with van der Waals surface area (Å²) in [4.78, 5) is 0. The van der Waals surface area contributed by atoms with Crippen molar-refractivity contribution in [3.63, 3.8) is 0 Å². The van der Waals surface area contributed by atoms with Crippen LogP contribution < -0.4 is 0 Å². The van der Waals surface area contributed by atoms with Gasteiger partial charge in [-0.05, 0) is 30.5 Å². The molecule has 0 aliphatic carbocycles. The first-order valence-electron chi connectivity index (χ1n) is 6.29. The second-order valence-corrected chi connectivity index (χ2v) is 6.67. The number of unbranched alkanes of at least 4 members (excludes halogenated alkanes) is 1. The highest BCUT2D eigenvalue weighted by molar-refractivity contribution is 6.51. The molecule has 16 heavy (non-hydrogen) atoms. The number of benzene rings is 1. The van der Waals surface area contributed by atoms with Gasteiger partial charge >= 0.3 is 0 Å². The number of hydrogen-bond acceptors (Lipinski definition) is 1. The molecule has 0 heterocycles. The summed E-state index contributed by atoms with van der Waals surface area (Å²) >= 11 is 0. The molecule has 1 nitrogen and oxygen atoms in total. The maximum atomic E-state index is 5.59. The lowest BCUT2D eigenvalue weighted by atomic mass is 10.1. The van der Waals surface area contributed by atoms with Crippen LogP contribution in [0.3, 0.4) is 0 Å². The molecule has 0 aliphatic heterocycles. The molecule has 1 aromatic carbocycles. The third-order valence-electron chi connectivity index (χ3n) is 2.86. The quantitative estimate of drug-likeness (QED) is 0.618. The lowest BCUT2D eigenvalue weighted by Gasteiger charge is -2.11. The molecule has 1 radical (unpaired) electrons. The molecule has 0 unspecified atom stereocenters. The van der Waals surface area contributed by atoms with Crippen LogP contribution in [0.2, 0.25) is 12.1 Å². The van der Waals surface area contributed by atoms with E-state index in [9.17, 15) is 0 Å². The topological polar surface area (TPSA) is 9.23 Å². The van der Waals surface area contributed by atoms with Crippen molar-refractivity contribution in [3.8, 4) is 0 Å². The first kappa shape index (κ1) is 13.5. The van der Waals surface area contributed by atoms with E-state index in [1.54, 1.807) is 0 Å². The van der Waals surface area contributed by atoms with E-state index in [0.29, 0.717) is 0 Å². The van der Waals surface area contributed by atoms with Gasteiger partial charge in [0.1, 0.15) is 0 Å². The van der Waals surface area contributed by atoms with Crippen molar-refractivity contribution < 1.29 is 4.43 Å². The molecule has 0 saturated carbocycles. The minimum absolute atomic E-state index is 0.516. The minimum atomic E-state index is -0.516. The van der Waals surface area contributed by atoms with Crippen molar-refractivity contribution in [1.29, 1.82) is 0 Å². The van der Waals surface area contributed by atoms with E-state index in [1.807, 2.05) is 7.11 Å². The second kappa shape index (κ2) is 8.54. The normalized spacial score (nSPS) is 10.9. The number of aryl methyl sites for hydroxylation is 1. The maximum absolute atomic E-state index is 5.59. The van der Waals surface area contributed by atoms with E-state index in [-0.39, 0.29) is 0 Å². The summed E-state index contributed by atoms with van der Waals surface area (Å²) in [5.41, 5.74) is 1.45. The van der Waals surface area contributed by atoms with Crippen molar-refractivity contribution in [3.05, 3.63) is 35.9 Å². The third kappa shape index (κ3) is 5.47. The van der Waals surface area contributed by atoms with Gasteiger partial charge in [-0.25, -0.2) is 0 Å². The first-order chi connectivity index (χ1) is 7.86. The van der Waals surface area contributed by atoms with Crippen LogP contribution in [0.5, 0.6) is 0 Å². The molecular weight excluding hydrogens is 212 g/mol. The van der Waals surface area contributed by atoms with Crippen LogP contribution in [0, 0.1) is 0 Å². The minimum Gasteiger partial charge on any atom is -0.420 e. The number of rotatable bonds is 8. The van der Waals surface area contributed by atoms with Crippen molar-refractivity contribution in [2.24, 2.45) is 0 Å². The Morgan fingerprint density at radius 3 is 2.38 bits per heavy atom. The summed E-state index contributed by atoms with van der Waals surface area (Å²) in [7, 11) is 1.37. The van der Waals surface area contributed by atoms with Crippen LogP contribution in [-0.4, -0.2) is 16.2 Å². The Morgan fingerprint density at radius 1 is 1.06 bits per heavy atom. The third-order valence-corrected chi connectivity index (χ3v) is 5.26. The Bertz CT molecular complexity index is 261. The van der Waals surface area contributed by atoms with Gasteiger partial charge in [-0.2, -0.15) is 0 Å². The molecule has 0 aromatic heterocycles. The molecule has 2 heteroatoms. The van der Waals surface area contributed by atoms with Gasteiger partial charge in [0, 0.05) is 7.11 Å². The first-order valence-corrected chi connectivity index (χ1v) is 8.11. The average molecular weight is 235 g/mol. The fourth-order valence-corrected chi connectivity index (χ4v) is 3.81. The summed E-state index contributed by atoms with van der Waals surface area (Å²) in [6.07, 6.45) is 5.09. The summed E-state index contributed by atoms with van der Waals surface area (Å²) in [5, 5.41) is 0. The van der Waals surface area contributed by atoms with Crippen LogP contribution >= 0.6 is 0 Å². The molecule has 0 bridgehead atoms. The van der Waals surface area contributed by atoms with Gasteiger partial charge in [-0.3, -0.25) is 0 Å². The smallest absolute Gasteiger partial charge is 0.210 e. The molecule has 89 valence electrons. The van der Waals surface area contributed by atoms with Crippen molar-refractivity contribution >= 4 is 9.04 Å². The monoisotopic (exact) mass is 235 g/mol. The van der Waals surface area contributed by atoms with Crippen molar-refractivity contribution in [2.45, 2.75) is 44.7 Å². The molecule has 0 amide bonds. The molecule has 0 N–H and O–H groups in total. The summed E-state index contributed by atoms with van der Waals surface area (Å²) in [5.74, 6) is 0. The van der Waals surface area contributed by atoms with Gasteiger partial charge < -0.3 is 4.43 Å². The molecule has 1 rings (SSSR count). The summed E-state index contributed by atoms with van der Waals surface area (Å²) in [6, 6.07) is 13.3. The van der Waals surface area contributed by atoms with Crippen LogP contribution in [0.15, 0.2) is 30.3 Å². The Hall–Kier alpha value is -0.603. The fraction of sp³-hybridized carbons (Fsp3) is 0.571.